The van der Waals surface area contributed by atoms with Crippen LogP contribution < -0.4 is 0 Å². The second kappa shape index (κ2) is 16.0. The predicted molar refractivity (Wildman–Crippen MR) is 120 cm³/mol. The third kappa shape index (κ3) is 12.2. The summed E-state index contributed by atoms with van der Waals surface area (Å²) in [6.45, 7) is 2.27. The Morgan fingerprint density at radius 1 is 0.852 bits per heavy atom. The molecule has 0 radical (unpaired) electrons. The summed E-state index contributed by atoms with van der Waals surface area (Å²) in [6.07, 6.45) is 19.5. The highest BCUT2D eigenvalue weighted by atomic mass is 32.1. The number of benzene rings is 1. The molecule has 0 aliphatic heterocycles. The van der Waals surface area contributed by atoms with Gasteiger partial charge in [-0.15, -0.1) is 12.6 Å². The Kier molecular flexibility index (Phi) is 14.3. The van der Waals surface area contributed by atoms with Gasteiger partial charge in [0, 0.05) is 0 Å². The third-order valence-corrected chi connectivity index (χ3v) is 5.73. The fourth-order valence-electron chi connectivity index (χ4n) is 3.72. The average molecular weight is 393 g/mol. The Morgan fingerprint density at radius 3 is 1.78 bits per heavy atom. The monoisotopic (exact) mass is 392 g/mol. The van der Waals surface area contributed by atoms with Crippen molar-refractivity contribution in [1.82, 2.24) is 0 Å². The first kappa shape index (κ1) is 24.1. The molecule has 0 saturated heterocycles. The summed E-state index contributed by atoms with van der Waals surface area (Å²) in [5.41, 5.74) is 0.879. The Bertz CT molecular complexity index is 501. The normalized spacial score (nSPS) is 12.2. The summed E-state index contributed by atoms with van der Waals surface area (Å²) in [7, 11) is 0. The van der Waals surface area contributed by atoms with Gasteiger partial charge in [0.05, 0.1) is 5.92 Å². The first-order valence-electron chi connectivity index (χ1n) is 11.2. The van der Waals surface area contributed by atoms with Gasteiger partial charge in [-0.1, -0.05) is 109 Å². The SMILES string of the molecule is CCCCCCCCCCCCCCCCC(C(=O)S)c1cccc(O)c1. The van der Waals surface area contributed by atoms with E-state index in [0.29, 0.717) is 0 Å². The molecule has 0 aliphatic carbocycles. The first-order valence-corrected chi connectivity index (χ1v) is 11.6. The number of unbranched alkanes of at least 4 members (excludes halogenated alkanes) is 13. The van der Waals surface area contributed by atoms with Crippen LogP contribution in [0.2, 0.25) is 0 Å². The second-order valence-electron chi connectivity index (χ2n) is 7.87. The van der Waals surface area contributed by atoms with E-state index in [1.165, 1.54) is 83.5 Å². The van der Waals surface area contributed by atoms with Crippen molar-refractivity contribution >= 4 is 17.7 Å². The van der Waals surface area contributed by atoms with Gasteiger partial charge in [-0.05, 0) is 24.1 Å². The molecular weight excluding hydrogens is 352 g/mol. The van der Waals surface area contributed by atoms with Gasteiger partial charge < -0.3 is 5.11 Å². The van der Waals surface area contributed by atoms with E-state index in [4.69, 9.17) is 0 Å². The van der Waals surface area contributed by atoms with Crippen molar-refractivity contribution < 1.29 is 9.90 Å². The minimum atomic E-state index is -0.197. The van der Waals surface area contributed by atoms with Crippen molar-refractivity contribution in [2.75, 3.05) is 0 Å². The van der Waals surface area contributed by atoms with Crippen LogP contribution in [0.3, 0.4) is 0 Å². The van der Waals surface area contributed by atoms with Crippen molar-refractivity contribution in [3.8, 4) is 5.75 Å². The fraction of sp³-hybridized carbons (Fsp3) is 0.708. The van der Waals surface area contributed by atoms with E-state index in [2.05, 4.69) is 19.6 Å². The maximum atomic E-state index is 11.8. The minimum Gasteiger partial charge on any atom is -0.508 e. The number of aromatic hydroxyl groups is 1. The van der Waals surface area contributed by atoms with E-state index >= 15 is 0 Å². The molecule has 0 saturated carbocycles. The Balaban J connectivity index is 1.99. The number of phenolic OH excluding ortho intramolecular Hbond substituents is 1. The number of hydrogen-bond acceptors (Lipinski definition) is 2. The summed E-state index contributed by atoms with van der Waals surface area (Å²) in [4.78, 5) is 11.8. The molecule has 0 aliphatic rings. The lowest BCUT2D eigenvalue weighted by molar-refractivity contribution is -0.112. The first-order chi connectivity index (χ1) is 13.1. The number of carbonyl (C=O) groups is 1. The van der Waals surface area contributed by atoms with Gasteiger partial charge >= 0.3 is 0 Å². The molecule has 154 valence electrons. The van der Waals surface area contributed by atoms with Crippen LogP contribution in [0.15, 0.2) is 24.3 Å². The molecule has 1 atom stereocenters. The van der Waals surface area contributed by atoms with E-state index in [-0.39, 0.29) is 16.8 Å². The van der Waals surface area contributed by atoms with E-state index in [1.54, 1.807) is 18.2 Å². The summed E-state index contributed by atoms with van der Waals surface area (Å²) in [5, 5.41) is 9.50. The summed E-state index contributed by atoms with van der Waals surface area (Å²) in [5.74, 6) is 0.0193. The summed E-state index contributed by atoms with van der Waals surface area (Å²) < 4.78 is 0. The van der Waals surface area contributed by atoms with Crippen LogP contribution in [0.5, 0.6) is 5.75 Å². The Morgan fingerprint density at radius 2 is 1.33 bits per heavy atom. The number of phenols is 1. The average Bonchev–Trinajstić information content (AvgIpc) is 2.64. The van der Waals surface area contributed by atoms with Gasteiger partial charge in [0.15, 0.2) is 5.12 Å². The van der Waals surface area contributed by atoms with E-state index < -0.39 is 0 Å². The third-order valence-electron chi connectivity index (χ3n) is 5.42. The molecule has 0 amide bonds. The maximum absolute atomic E-state index is 11.8. The van der Waals surface area contributed by atoms with Crippen LogP contribution in [0, 0.1) is 0 Å². The highest BCUT2D eigenvalue weighted by Crippen LogP contribution is 2.27. The van der Waals surface area contributed by atoms with Gasteiger partial charge in [0.2, 0.25) is 0 Å². The molecule has 1 N–H and O–H groups in total. The fourth-order valence-corrected chi connectivity index (χ4v) is 4.00. The van der Waals surface area contributed by atoms with Crippen LogP contribution in [0.4, 0.5) is 0 Å². The zero-order valence-corrected chi connectivity index (χ0v) is 18.2. The molecule has 0 bridgehead atoms. The van der Waals surface area contributed by atoms with Crippen LogP contribution in [-0.4, -0.2) is 10.2 Å². The minimum absolute atomic E-state index is 0.102. The summed E-state index contributed by atoms with van der Waals surface area (Å²) >= 11 is 4.04. The number of thiol groups is 1. The van der Waals surface area contributed by atoms with Crippen molar-refractivity contribution in [1.29, 1.82) is 0 Å². The van der Waals surface area contributed by atoms with Crippen LogP contribution in [0.25, 0.3) is 0 Å². The van der Waals surface area contributed by atoms with Crippen LogP contribution in [0.1, 0.15) is 115 Å². The topological polar surface area (TPSA) is 37.3 Å². The molecule has 0 heterocycles. The van der Waals surface area contributed by atoms with Crippen LogP contribution >= 0.6 is 12.6 Å². The van der Waals surface area contributed by atoms with Gasteiger partial charge in [0.1, 0.15) is 5.75 Å². The molecule has 1 rings (SSSR count). The molecule has 27 heavy (non-hydrogen) atoms. The number of rotatable bonds is 17. The Labute approximate surface area is 172 Å². The van der Waals surface area contributed by atoms with Crippen molar-refractivity contribution in [3.63, 3.8) is 0 Å². The van der Waals surface area contributed by atoms with Gasteiger partial charge in [0.25, 0.3) is 0 Å². The molecule has 0 fully saturated rings. The second-order valence-corrected chi connectivity index (χ2v) is 8.31. The highest BCUT2D eigenvalue weighted by molar-refractivity contribution is 7.96. The van der Waals surface area contributed by atoms with Gasteiger partial charge in [-0.2, -0.15) is 0 Å². The van der Waals surface area contributed by atoms with E-state index in [9.17, 15) is 9.90 Å². The van der Waals surface area contributed by atoms with E-state index in [1.807, 2.05) is 6.07 Å². The molecule has 1 aromatic carbocycles. The quantitative estimate of drug-likeness (QED) is 0.209. The lowest BCUT2D eigenvalue weighted by atomic mass is 9.93. The molecule has 0 aromatic heterocycles. The van der Waals surface area contributed by atoms with Crippen molar-refractivity contribution in [3.05, 3.63) is 29.8 Å². The van der Waals surface area contributed by atoms with Crippen LogP contribution in [-0.2, 0) is 4.79 Å². The lowest BCUT2D eigenvalue weighted by Gasteiger charge is -2.13. The standard InChI is InChI=1S/C24H40O2S/c1-2-3-4-5-6-7-8-9-10-11-12-13-14-15-19-23(24(26)27)21-17-16-18-22(25)20-21/h16-18,20,23,25H,2-15,19H2,1H3,(H,26,27). The highest BCUT2D eigenvalue weighted by Gasteiger charge is 2.17. The molecule has 1 unspecified atom stereocenters. The number of hydrogen-bond donors (Lipinski definition) is 2. The molecular formula is C24H40O2S. The zero-order chi connectivity index (χ0) is 19.7. The van der Waals surface area contributed by atoms with Crippen molar-refractivity contribution in [2.45, 2.75) is 109 Å². The smallest absolute Gasteiger partial charge is 0.193 e. The Hall–Kier alpha value is -0.960. The van der Waals surface area contributed by atoms with E-state index in [0.717, 1.165) is 18.4 Å². The van der Waals surface area contributed by atoms with Crippen molar-refractivity contribution in [2.24, 2.45) is 0 Å². The predicted octanol–water partition coefficient (Wildman–Crippen LogP) is 7.80. The molecule has 3 heteroatoms. The van der Waals surface area contributed by atoms with Gasteiger partial charge in [-0.25, -0.2) is 0 Å². The lowest BCUT2D eigenvalue weighted by Crippen LogP contribution is -2.06. The number of carbonyl (C=O) groups excluding carboxylic acids is 1. The maximum Gasteiger partial charge on any atom is 0.193 e. The molecule has 2 nitrogen and oxygen atoms in total. The largest absolute Gasteiger partial charge is 0.508 e. The molecule has 0 spiro atoms. The van der Waals surface area contributed by atoms with Gasteiger partial charge in [-0.3, -0.25) is 4.79 Å². The summed E-state index contributed by atoms with van der Waals surface area (Å²) in [6, 6.07) is 7.01. The zero-order valence-electron chi connectivity index (χ0n) is 17.3. The molecule has 1 aromatic rings.